The second-order valence-corrected chi connectivity index (χ2v) is 7.90. The lowest BCUT2D eigenvalue weighted by molar-refractivity contribution is -0.121. The number of hydrogen-bond donors (Lipinski definition) is 1. The fourth-order valence-corrected chi connectivity index (χ4v) is 3.55. The lowest BCUT2D eigenvalue weighted by atomic mass is 10.0. The molecule has 1 amide bonds. The van der Waals surface area contributed by atoms with E-state index in [-0.39, 0.29) is 17.9 Å². The van der Waals surface area contributed by atoms with E-state index in [4.69, 9.17) is 9.40 Å². The van der Waals surface area contributed by atoms with Gasteiger partial charge in [0.05, 0.1) is 17.8 Å². The Morgan fingerprint density at radius 2 is 2.03 bits per heavy atom. The van der Waals surface area contributed by atoms with E-state index in [0.717, 1.165) is 27.8 Å². The molecule has 0 saturated heterocycles. The van der Waals surface area contributed by atoms with Gasteiger partial charge in [-0.05, 0) is 32.3 Å². The number of nitrogens with one attached hydrogen (secondary N) is 1. The molecule has 150 valence electrons. The Balaban J connectivity index is 1.65. The number of benzene rings is 1. The zero-order valence-electron chi connectivity index (χ0n) is 17.4. The summed E-state index contributed by atoms with van der Waals surface area (Å²) in [6.45, 7) is 10.0. The summed E-state index contributed by atoms with van der Waals surface area (Å²) >= 11 is 0. The minimum Gasteiger partial charge on any atom is -0.443 e. The summed E-state index contributed by atoms with van der Waals surface area (Å²) < 4.78 is 7.36. The van der Waals surface area contributed by atoms with E-state index in [1.807, 2.05) is 58.9 Å². The zero-order valence-corrected chi connectivity index (χ0v) is 17.4. The monoisotopic (exact) mass is 391 g/mol. The Hall–Kier alpha value is -3.22. The average molecular weight is 391 g/mol. The fourth-order valence-electron chi connectivity index (χ4n) is 3.55. The van der Waals surface area contributed by atoms with Crippen molar-refractivity contribution in [3.05, 3.63) is 58.9 Å². The molecule has 1 N–H and O–H groups in total. The van der Waals surface area contributed by atoms with Crippen LogP contribution in [0, 0.1) is 26.7 Å². The van der Waals surface area contributed by atoms with E-state index in [1.165, 1.54) is 0 Å². The molecule has 0 aliphatic carbocycles. The summed E-state index contributed by atoms with van der Waals surface area (Å²) in [6.07, 6.45) is 1.92. The smallest absolute Gasteiger partial charge is 0.231 e. The van der Waals surface area contributed by atoms with Gasteiger partial charge in [-0.3, -0.25) is 4.79 Å². The van der Waals surface area contributed by atoms with Gasteiger partial charge in [0, 0.05) is 5.56 Å². The van der Waals surface area contributed by atoms with Crippen molar-refractivity contribution in [3.8, 4) is 0 Å². The molecule has 0 radical (unpaired) electrons. The van der Waals surface area contributed by atoms with Gasteiger partial charge in [-0.2, -0.15) is 0 Å². The van der Waals surface area contributed by atoms with Crippen molar-refractivity contribution in [1.82, 2.24) is 24.9 Å². The molecule has 0 aliphatic heterocycles. The van der Waals surface area contributed by atoms with Crippen molar-refractivity contribution in [1.29, 1.82) is 0 Å². The predicted octanol–water partition coefficient (Wildman–Crippen LogP) is 3.85. The number of furan rings is 1. The van der Waals surface area contributed by atoms with Gasteiger partial charge in [0.2, 0.25) is 11.6 Å². The molecule has 0 aliphatic rings. The Morgan fingerprint density at radius 3 is 2.76 bits per heavy atom. The number of fused-ring (bicyclic) bond motifs is 3. The number of hydrogen-bond acceptors (Lipinski definition) is 5. The van der Waals surface area contributed by atoms with E-state index in [9.17, 15) is 4.79 Å². The van der Waals surface area contributed by atoms with Crippen LogP contribution in [0.2, 0.25) is 0 Å². The SMILES string of the molecule is Cc1cccc(CC(=O)N[C@@H](c2nc3c4c(C)c(C)oc4ncn3n2)C(C)C)c1. The van der Waals surface area contributed by atoms with Gasteiger partial charge in [-0.1, -0.05) is 43.7 Å². The molecule has 0 spiro atoms. The quantitative estimate of drug-likeness (QED) is 0.558. The van der Waals surface area contributed by atoms with Gasteiger partial charge in [0.1, 0.15) is 12.1 Å². The highest BCUT2D eigenvalue weighted by atomic mass is 16.3. The number of aromatic nitrogens is 4. The van der Waals surface area contributed by atoms with Gasteiger partial charge < -0.3 is 9.73 Å². The molecule has 7 heteroatoms. The molecule has 1 atom stereocenters. The first kappa shape index (κ1) is 19.1. The minimum absolute atomic E-state index is 0.0493. The third-order valence-electron chi connectivity index (χ3n) is 5.23. The number of aryl methyl sites for hydroxylation is 3. The van der Waals surface area contributed by atoms with E-state index in [2.05, 4.69) is 15.4 Å². The van der Waals surface area contributed by atoms with Gasteiger partial charge >= 0.3 is 0 Å². The Kier molecular flexibility index (Phi) is 4.82. The molecule has 0 unspecified atom stereocenters. The molecule has 3 heterocycles. The number of rotatable bonds is 5. The molecule has 4 rings (SSSR count). The largest absolute Gasteiger partial charge is 0.443 e. The molecule has 0 fully saturated rings. The van der Waals surface area contributed by atoms with E-state index in [0.29, 0.717) is 23.6 Å². The molecule has 4 aromatic rings. The number of amides is 1. The van der Waals surface area contributed by atoms with Crippen LogP contribution in [0.3, 0.4) is 0 Å². The molecule has 3 aromatic heterocycles. The second kappa shape index (κ2) is 7.31. The molecule has 0 saturated carbocycles. The van der Waals surface area contributed by atoms with Crippen molar-refractivity contribution in [2.75, 3.05) is 0 Å². The van der Waals surface area contributed by atoms with Crippen LogP contribution in [0.25, 0.3) is 16.7 Å². The Labute approximate surface area is 169 Å². The first-order valence-electron chi connectivity index (χ1n) is 9.79. The maximum Gasteiger partial charge on any atom is 0.231 e. The third-order valence-corrected chi connectivity index (χ3v) is 5.23. The highest BCUT2D eigenvalue weighted by molar-refractivity contribution is 5.91. The molecule has 29 heavy (non-hydrogen) atoms. The minimum atomic E-state index is -0.296. The van der Waals surface area contributed by atoms with Gasteiger partial charge in [-0.15, -0.1) is 5.10 Å². The van der Waals surface area contributed by atoms with E-state index in [1.54, 1.807) is 10.8 Å². The first-order valence-corrected chi connectivity index (χ1v) is 9.79. The van der Waals surface area contributed by atoms with Crippen molar-refractivity contribution in [2.24, 2.45) is 5.92 Å². The van der Waals surface area contributed by atoms with E-state index >= 15 is 0 Å². The highest BCUT2D eigenvalue weighted by Gasteiger charge is 2.24. The third kappa shape index (κ3) is 3.60. The summed E-state index contributed by atoms with van der Waals surface area (Å²) in [5, 5.41) is 8.56. The number of carbonyl (C=O) groups excluding carboxylic acids is 1. The topological polar surface area (TPSA) is 85.3 Å². The van der Waals surface area contributed by atoms with Gasteiger partial charge in [0.15, 0.2) is 11.5 Å². The first-order chi connectivity index (χ1) is 13.8. The van der Waals surface area contributed by atoms with Crippen LogP contribution in [0.4, 0.5) is 0 Å². The number of carbonyl (C=O) groups is 1. The molecule has 7 nitrogen and oxygen atoms in total. The van der Waals surface area contributed by atoms with Crippen LogP contribution in [0.5, 0.6) is 0 Å². The summed E-state index contributed by atoms with van der Waals surface area (Å²) in [7, 11) is 0. The van der Waals surface area contributed by atoms with Crippen LogP contribution < -0.4 is 5.32 Å². The summed E-state index contributed by atoms with van der Waals surface area (Å²) in [5.41, 5.74) is 4.37. The fraction of sp³-hybridized carbons (Fsp3) is 0.364. The summed E-state index contributed by atoms with van der Waals surface area (Å²) in [5.74, 6) is 1.47. The summed E-state index contributed by atoms with van der Waals surface area (Å²) in [4.78, 5) is 21.8. The van der Waals surface area contributed by atoms with Gasteiger partial charge in [-0.25, -0.2) is 14.5 Å². The molecular weight excluding hydrogens is 366 g/mol. The lowest BCUT2D eigenvalue weighted by Crippen LogP contribution is -2.33. The van der Waals surface area contributed by atoms with Crippen LogP contribution in [0.15, 0.2) is 35.0 Å². The van der Waals surface area contributed by atoms with Crippen LogP contribution in [-0.4, -0.2) is 25.5 Å². The predicted molar refractivity (Wildman–Crippen MR) is 111 cm³/mol. The van der Waals surface area contributed by atoms with Crippen LogP contribution in [0.1, 0.15) is 48.2 Å². The van der Waals surface area contributed by atoms with Crippen LogP contribution in [-0.2, 0) is 11.2 Å². The molecule has 0 bridgehead atoms. The normalized spacial score (nSPS) is 12.8. The summed E-state index contributed by atoms with van der Waals surface area (Å²) in [6, 6.07) is 7.68. The Morgan fingerprint density at radius 1 is 1.24 bits per heavy atom. The lowest BCUT2D eigenvalue weighted by Gasteiger charge is -2.19. The van der Waals surface area contributed by atoms with Crippen molar-refractivity contribution in [3.63, 3.8) is 0 Å². The van der Waals surface area contributed by atoms with Gasteiger partial charge in [0.25, 0.3) is 0 Å². The van der Waals surface area contributed by atoms with Crippen LogP contribution >= 0.6 is 0 Å². The van der Waals surface area contributed by atoms with Crippen molar-refractivity contribution >= 4 is 22.7 Å². The maximum absolute atomic E-state index is 12.7. The maximum atomic E-state index is 12.7. The zero-order chi connectivity index (χ0) is 20.7. The van der Waals surface area contributed by atoms with Crippen molar-refractivity contribution in [2.45, 2.75) is 47.1 Å². The Bertz CT molecular complexity index is 1200. The van der Waals surface area contributed by atoms with Crippen molar-refractivity contribution < 1.29 is 9.21 Å². The second-order valence-electron chi connectivity index (χ2n) is 7.90. The number of nitrogens with zero attached hydrogens (tertiary/aromatic N) is 4. The average Bonchev–Trinajstić information content (AvgIpc) is 3.20. The highest BCUT2D eigenvalue weighted by Crippen LogP contribution is 2.27. The van der Waals surface area contributed by atoms with E-state index < -0.39 is 0 Å². The molecule has 1 aromatic carbocycles. The molecular formula is C22H25N5O2. The standard InChI is InChI=1S/C22H25N5O2/c1-12(2)19(24-17(28)10-16-8-6-7-13(3)9-16)20-25-21-18-14(4)15(5)29-22(18)23-11-27(21)26-20/h6-9,11-12,19H,10H2,1-5H3,(H,24,28)/t19-/m1/s1.